The van der Waals surface area contributed by atoms with Crippen LogP contribution < -0.4 is 0 Å². The van der Waals surface area contributed by atoms with Crippen LogP contribution in [0.15, 0.2) is 12.2 Å². The van der Waals surface area contributed by atoms with Gasteiger partial charge in [-0.1, -0.05) is 12.2 Å². The zero-order chi connectivity index (χ0) is 8.20. The lowest BCUT2D eigenvalue weighted by Crippen LogP contribution is -2.39. The first-order valence-corrected chi connectivity index (χ1v) is 3.94. The number of quaternary nitrogens is 1. The molecule has 60 valence electrons. The molecule has 0 aromatic carbocycles. The molecule has 0 unspecified atom stereocenters. The second-order valence-electron chi connectivity index (χ2n) is 3.68. The highest BCUT2D eigenvalue weighted by Crippen LogP contribution is 2.02. The highest BCUT2D eigenvalue weighted by atomic mass is 15.3. The third-order valence-corrected chi connectivity index (χ3v) is 2.00. The van der Waals surface area contributed by atoms with Crippen molar-refractivity contribution < 1.29 is 4.48 Å². The average molecular weight is 142 g/mol. The summed E-state index contributed by atoms with van der Waals surface area (Å²) in [4.78, 5) is 0. The summed E-state index contributed by atoms with van der Waals surface area (Å²) in [6.45, 7) is 10.6. The first-order chi connectivity index (χ1) is 4.48. The summed E-state index contributed by atoms with van der Waals surface area (Å²) in [7, 11) is 4.51. The van der Waals surface area contributed by atoms with Gasteiger partial charge in [0.1, 0.15) is 0 Å². The summed E-state index contributed by atoms with van der Waals surface area (Å²) in [5.74, 6) is 0. The molecular formula is C9H20N+. The Morgan fingerprint density at radius 1 is 1.40 bits per heavy atom. The van der Waals surface area contributed by atoms with Crippen LogP contribution in [-0.4, -0.2) is 31.7 Å². The van der Waals surface area contributed by atoms with Gasteiger partial charge >= 0.3 is 0 Å². The number of hydrogen-bond acceptors (Lipinski definition) is 0. The first-order valence-electron chi connectivity index (χ1n) is 3.94. The van der Waals surface area contributed by atoms with Crippen molar-refractivity contribution >= 4 is 0 Å². The van der Waals surface area contributed by atoms with Crippen molar-refractivity contribution in [2.24, 2.45) is 0 Å². The van der Waals surface area contributed by atoms with E-state index in [-0.39, 0.29) is 0 Å². The van der Waals surface area contributed by atoms with Gasteiger partial charge in [0, 0.05) is 6.42 Å². The van der Waals surface area contributed by atoms with Gasteiger partial charge in [-0.05, 0) is 13.8 Å². The highest BCUT2D eigenvalue weighted by Gasteiger charge is 2.09. The maximum atomic E-state index is 3.88. The van der Waals surface area contributed by atoms with Crippen molar-refractivity contribution in [1.82, 2.24) is 0 Å². The van der Waals surface area contributed by atoms with Gasteiger partial charge in [-0.2, -0.15) is 0 Å². The van der Waals surface area contributed by atoms with Gasteiger partial charge in [0.2, 0.25) is 0 Å². The summed E-state index contributed by atoms with van der Waals surface area (Å²) < 4.78 is 1.10. The maximum Gasteiger partial charge on any atom is 0.0819 e. The third-order valence-electron chi connectivity index (χ3n) is 2.00. The van der Waals surface area contributed by atoms with E-state index >= 15 is 0 Å². The van der Waals surface area contributed by atoms with Crippen LogP contribution in [0.4, 0.5) is 0 Å². The fraction of sp³-hybridized carbons (Fsp3) is 0.778. The Kier molecular flexibility index (Phi) is 3.66. The van der Waals surface area contributed by atoms with E-state index in [2.05, 4.69) is 34.5 Å². The van der Waals surface area contributed by atoms with E-state index in [4.69, 9.17) is 0 Å². The van der Waals surface area contributed by atoms with Gasteiger partial charge in [0.25, 0.3) is 0 Å². The minimum atomic E-state index is 1.10. The molecule has 1 heteroatoms. The van der Waals surface area contributed by atoms with E-state index in [1.165, 1.54) is 18.7 Å². The molecule has 0 fully saturated rings. The van der Waals surface area contributed by atoms with Crippen LogP contribution >= 0.6 is 0 Å². The standard InChI is InChI=1S/C9H20N/c1-6-10(4,5)8-7-9(2)3/h2,6-8H2,1,3-5H3/q+1. The Bertz CT molecular complexity index is 114. The Hall–Kier alpha value is -0.300. The van der Waals surface area contributed by atoms with E-state index in [0.717, 1.165) is 10.9 Å². The van der Waals surface area contributed by atoms with Gasteiger partial charge < -0.3 is 4.48 Å². The maximum absolute atomic E-state index is 3.88. The van der Waals surface area contributed by atoms with Crippen molar-refractivity contribution in [1.29, 1.82) is 0 Å². The molecule has 1 nitrogen and oxygen atoms in total. The van der Waals surface area contributed by atoms with Crippen molar-refractivity contribution in [3.8, 4) is 0 Å². The van der Waals surface area contributed by atoms with Crippen LogP contribution in [0, 0.1) is 0 Å². The largest absolute Gasteiger partial charge is 0.328 e. The van der Waals surface area contributed by atoms with Gasteiger partial charge in [0.15, 0.2) is 0 Å². The summed E-state index contributed by atoms with van der Waals surface area (Å²) in [5.41, 5.74) is 1.29. The van der Waals surface area contributed by atoms with Crippen molar-refractivity contribution in [3.63, 3.8) is 0 Å². The normalized spacial score (nSPS) is 11.6. The van der Waals surface area contributed by atoms with Crippen LogP contribution in [0.1, 0.15) is 20.3 Å². The quantitative estimate of drug-likeness (QED) is 0.416. The molecule has 0 heterocycles. The molecule has 0 aliphatic heterocycles. The Labute approximate surface area is 64.9 Å². The minimum absolute atomic E-state index is 1.10. The Morgan fingerprint density at radius 2 is 1.90 bits per heavy atom. The van der Waals surface area contributed by atoms with Gasteiger partial charge in [0.05, 0.1) is 27.2 Å². The lowest BCUT2D eigenvalue weighted by atomic mass is 10.2. The third kappa shape index (κ3) is 4.57. The summed E-state index contributed by atoms with van der Waals surface area (Å²) >= 11 is 0. The summed E-state index contributed by atoms with van der Waals surface area (Å²) in [6, 6.07) is 0. The molecule has 0 N–H and O–H groups in total. The predicted octanol–water partition coefficient (Wildman–Crippen LogP) is 2.05. The Balaban J connectivity index is 3.56. The molecule has 0 amide bonds. The summed E-state index contributed by atoms with van der Waals surface area (Å²) in [5, 5.41) is 0. The second kappa shape index (κ2) is 3.77. The number of hydrogen-bond donors (Lipinski definition) is 0. The topological polar surface area (TPSA) is 0 Å². The minimum Gasteiger partial charge on any atom is -0.328 e. The van der Waals surface area contributed by atoms with Crippen molar-refractivity contribution in [2.45, 2.75) is 20.3 Å². The molecule has 0 radical (unpaired) electrons. The predicted molar refractivity (Wildman–Crippen MR) is 46.9 cm³/mol. The molecule has 0 spiro atoms. The first kappa shape index (κ1) is 9.70. The zero-order valence-electron chi connectivity index (χ0n) is 7.78. The van der Waals surface area contributed by atoms with Gasteiger partial charge in [-0.25, -0.2) is 0 Å². The smallest absolute Gasteiger partial charge is 0.0819 e. The molecule has 0 atom stereocenters. The second-order valence-corrected chi connectivity index (χ2v) is 3.68. The lowest BCUT2D eigenvalue weighted by molar-refractivity contribution is -0.888. The van der Waals surface area contributed by atoms with Crippen molar-refractivity contribution in [3.05, 3.63) is 12.2 Å². The molecular weight excluding hydrogens is 122 g/mol. The highest BCUT2D eigenvalue weighted by molar-refractivity contribution is 4.87. The fourth-order valence-electron chi connectivity index (χ4n) is 0.652. The monoisotopic (exact) mass is 142 g/mol. The van der Waals surface area contributed by atoms with E-state index in [1.807, 2.05) is 0 Å². The molecule has 0 aliphatic carbocycles. The fourth-order valence-corrected chi connectivity index (χ4v) is 0.652. The van der Waals surface area contributed by atoms with Crippen LogP contribution in [0.5, 0.6) is 0 Å². The van der Waals surface area contributed by atoms with Crippen LogP contribution in [0.2, 0.25) is 0 Å². The lowest BCUT2D eigenvalue weighted by Gasteiger charge is -2.28. The molecule has 0 bridgehead atoms. The molecule has 0 saturated carbocycles. The van der Waals surface area contributed by atoms with Crippen LogP contribution in [0.3, 0.4) is 0 Å². The van der Waals surface area contributed by atoms with E-state index in [0.29, 0.717) is 0 Å². The molecule has 10 heavy (non-hydrogen) atoms. The number of nitrogens with zero attached hydrogens (tertiary/aromatic N) is 1. The van der Waals surface area contributed by atoms with Crippen LogP contribution in [0.25, 0.3) is 0 Å². The molecule has 0 aliphatic rings. The SMILES string of the molecule is C=C(C)CC[N+](C)(C)CC. The van der Waals surface area contributed by atoms with Gasteiger partial charge in [-0.3, -0.25) is 0 Å². The summed E-state index contributed by atoms with van der Waals surface area (Å²) in [6.07, 6.45) is 1.15. The number of rotatable bonds is 4. The van der Waals surface area contributed by atoms with E-state index in [9.17, 15) is 0 Å². The zero-order valence-corrected chi connectivity index (χ0v) is 7.78. The molecule has 0 rings (SSSR count). The van der Waals surface area contributed by atoms with Crippen LogP contribution in [-0.2, 0) is 0 Å². The van der Waals surface area contributed by atoms with Gasteiger partial charge in [-0.15, -0.1) is 0 Å². The average Bonchev–Trinajstić information content (AvgIpc) is 1.85. The van der Waals surface area contributed by atoms with E-state index in [1.54, 1.807) is 0 Å². The Morgan fingerprint density at radius 3 is 2.20 bits per heavy atom. The molecule has 0 aromatic heterocycles. The van der Waals surface area contributed by atoms with Crippen molar-refractivity contribution in [2.75, 3.05) is 27.2 Å². The van der Waals surface area contributed by atoms with E-state index < -0.39 is 0 Å². The molecule has 0 aromatic rings. The molecule has 0 saturated heterocycles.